The average Bonchev–Trinajstić information content (AvgIpc) is 2.58. The number of primary sulfonamides is 1. The molecule has 0 spiro atoms. The lowest BCUT2D eigenvalue weighted by atomic mass is 10.0. The summed E-state index contributed by atoms with van der Waals surface area (Å²) in [7, 11) is -3.71. The molecular formula is C16H14N4O2S2. The number of thioether (sulfide) groups is 1. The number of nitrogens with zero attached hydrogens (tertiary/aromatic N) is 3. The molecule has 0 radical (unpaired) electrons. The molecule has 1 aromatic heterocycles. The predicted molar refractivity (Wildman–Crippen MR) is 90.4 cm³/mol. The topological polar surface area (TPSA) is 121 Å². The summed E-state index contributed by atoms with van der Waals surface area (Å²) in [6, 6.07) is 10.4. The van der Waals surface area contributed by atoms with E-state index in [9.17, 15) is 13.7 Å². The molecule has 0 aliphatic heterocycles. The normalized spacial score (nSPS) is 10.8. The first-order chi connectivity index (χ1) is 11.4. The number of benzene rings is 1. The summed E-state index contributed by atoms with van der Waals surface area (Å²) in [5.41, 5.74) is 2.40. The second kappa shape index (κ2) is 7.45. The zero-order valence-electron chi connectivity index (χ0n) is 12.9. The molecule has 0 saturated heterocycles. The third kappa shape index (κ3) is 3.92. The molecule has 1 heterocycles. The number of rotatable bonds is 5. The van der Waals surface area contributed by atoms with Gasteiger partial charge < -0.3 is 0 Å². The van der Waals surface area contributed by atoms with Crippen LogP contribution in [0, 0.1) is 22.7 Å². The van der Waals surface area contributed by atoms with E-state index in [0.717, 1.165) is 5.56 Å². The minimum absolute atomic E-state index is 0.0544. The first kappa shape index (κ1) is 18.0. The van der Waals surface area contributed by atoms with Gasteiger partial charge in [-0.2, -0.15) is 10.5 Å². The van der Waals surface area contributed by atoms with Crippen LogP contribution in [0.25, 0.3) is 0 Å². The standard InChI is InChI=1S/C16H14N4O2S2/c1-2-14-12(7-17)9-20-16(15(14)8-18)23-10-11-3-5-13(6-4-11)24(19,21)22/h3-6,9H,2,10H2,1H3,(H2,19,21,22). The molecule has 0 fully saturated rings. The first-order valence-electron chi connectivity index (χ1n) is 6.97. The van der Waals surface area contributed by atoms with E-state index in [1.807, 2.05) is 6.92 Å². The van der Waals surface area contributed by atoms with E-state index < -0.39 is 10.0 Å². The van der Waals surface area contributed by atoms with Crippen molar-refractivity contribution in [3.63, 3.8) is 0 Å². The van der Waals surface area contributed by atoms with Gasteiger partial charge in [0.05, 0.1) is 16.0 Å². The summed E-state index contributed by atoms with van der Waals surface area (Å²) in [5.74, 6) is 0.516. The molecule has 0 aliphatic rings. The maximum absolute atomic E-state index is 11.2. The van der Waals surface area contributed by atoms with Crippen molar-refractivity contribution in [2.75, 3.05) is 0 Å². The molecule has 6 nitrogen and oxygen atoms in total. The smallest absolute Gasteiger partial charge is 0.238 e. The first-order valence-corrected chi connectivity index (χ1v) is 9.50. The number of pyridine rings is 1. The Kier molecular flexibility index (Phi) is 5.58. The number of aromatic nitrogens is 1. The van der Waals surface area contributed by atoms with Crippen LogP contribution in [0.4, 0.5) is 0 Å². The van der Waals surface area contributed by atoms with Gasteiger partial charge in [0.15, 0.2) is 0 Å². The van der Waals surface area contributed by atoms with Crippen LogP contribution < -0.4 is 5.14 Å². The number of hydrogen-bond acceptors (Lipinski definition) is 6. The third-order valence-electron chi connectivity index (χ3n) is 3.36. The summed E-state index contributed by atoms with van der Waals surface area (Å²) in [4.78, 5) is 4.26. The average molecular weight is 358 g/mol. The summed E-state index contributed by atoms with van der Waals surface area (Å²) in [5, 5.41) is 24.1. The Morgan fingerprint density at radius 3 is 2.38 bits per heavy atom. The quantitative estimate of drug-likeness (QED) is 0.819. The molecule has 0 atom stereocenters. The lowest BCUT2D eigenvalue weighted by Crippen LogP contribution is -2.11. The van der Waals surface area contributed by atoms with Gasteiger partial charge in [-0.1, -0.05) is 19.1 Å². The molecule has 0 bridgehead atoms. The maximum Gasteiger partial charge on any atom is 0.238 e. The Hall–Kier alpha value is -2.39. The van der Waals surface area contributed by atoms with Crippen LogP contribution in [0.2, 0.25) is 0 Å². The Morgan fingerprint density at radius 2 is 1.88 bits per heavy atom. The molecule has 1 aromatic carbocycles. The van der Waals surface area contributed by atoms with Crippen LogP contribution in [-0.4, -0.2) is 13.4 Å². The highest BCUT2D eigenvalue weighted by Crippen LogP contribution is 2.28. The van der Waals surface area contributed by atoms with Crippen molar-refractivity contribution in [3.05, 3.63) is 52.7 Å². The fourth-order valence-corrected chi connectivity index (χ4v) is 3.60. The van der Waals surface area contributed by atoms with Gasteiger partial charge in [0.25, 0.3) is 0 Å². The van der Waals surface area contributed by atoms with Gasteiger partial charge >= 0.3 is 0 Å². The van der Waals surface area contributed by atoms with E-state index in [1.165, 1.54) is 30.1 Å². The SMILES string of the molecule is CCc1c(C#N)cnc(SCc2ccc(S(N)(=O)=O)cc2)c1C#N. The van der Waals surface area contributed by atoms with Crippen LogP contribution >= 0.6 is 11.8 Å². The fourth-order valence-electron chi connectivity index (χ4n) is 2.14. The van der Waals surface area contributed by atoms with Crippen LogP contribution in [-0.2, 0) is 22.2 Å². The minimum atomic E-state index is -3.71. The van der Waals surface area contributed by atoms with Gasteiger partial charge in [-0.25, -0.2) is 18.5 Å². The minimum Gasteiger partial charge on any atom is -0.247 e. The molecule has 2 aromatic rings. The largest absolute Gasteiger partial charge is 0.247 e. The number of nitrogens with two attached hydrogens (primary N) is 1. The summed E-state index contributed by atoms with van der Waals surface area (Å²) < 4.78 is 22.5. The van der Waals surface area contributed by atoms with E-state index in [4.69, 9.17) is 10.4 Å². The third-order valence-corrected chi connectivity index (χ3v) is 5.35. The van der Waals surface area contributed by atoms with Gasteiger partial charge in [0.1, 0.15) is 17.2 Å². The van der Waals surface area contributed by atoms with Crippen LogP contribution in [0.5, 0.6) is 0 Å². The zero-order valence-corrected chi connectivity index (χ0v) is 14.5. The number of hydrogen-bond donors (Lipinski definition) is 1. The maximum atomic E-state index is 11.2. The Labute approximate surface area is 145 Å². The van der Waals surface area contributed by atoms with Crippen molar-refractivity contribution in [1.29, 1.82) is 10.5 Å². The molecule has 0 unspecified atom stereocenters. The molecule has 2 rings (SSSR count). The molecule has 24 heavy (non-hydrogen) atoms. The van der Waals surface area contributed by atoms with E-state index in [0.29, 0.717) is 33.9 Å². The lowest BCUT2D eigenvalue weighted by molar-refractivity contribution is 0.598. The van der Waals surface area contributed by atoms with Crippen molar-refractivity contribution < 1.29 is 8.42 Å². The molecule has 8 heteroatoms. The Balaban J connectivity index is 2.24. The highest BCUT2D eigenvalue weighted by molar-refractivity contribution is 7.98. The monoisotopic (exact) mass is 358 g/mol. The Bertz CT molecular complexity index is 940. The summed E-state index contributed by atoms with van der Waals surface area (Å²) in [6.45, 7) is 1.89. The highest BCUT2D eigenvalue weighted by Gasteiger charge is 2.14. The second-order valence-corrected chi connectivity index (χ2v) is 7.41. The van der Waals surface area contributed by atoms with E-state index in [1.54, 1.807) is 12.1 Å². The molecule has 2 N–H and O–H groups in total. The van der Waals surface area contributed by atoms with Crippen LogP contribution in [0.1, 0.15) is 29.2 Å². The zero-order chi connectivity index (χ0) is 17.7. The lowest BCUT2D eigenvalue weighted by Gasteiger charge is -2.09. The van der Waals surface area contributed by atoms with E-state index in [-0.39, 0.29) is 4.90 Å². The van der Waals surface area contributed by atoms with Gasteiger partial charge in [-0.15, -0.1) is 11.8 Å². The summed E-state index contributed by atoms with van der Waals surface area (Å²) in [6.07, 6.45) is 2.05. The van der Waals surface area contributed by atoms with Gasteiger partial charge in [0, 0.05) is 11.9 Å². The van der Waals surface area contributed by atoms with E-state index >= 15 is 0 Å². The predicted octanol–water partition coefficient (Wildman–Crippen LogP) is 2.33. The van der Waals surface area contributed by atoms with E-state index in [2.05, 4.69) is 17.1 Å². The molecular weight excluding hydrogens is 344 g/mol. The molecule has 0 amide bonds. The van der Waals surface area contributed by atoms with Crippen molar-refractivity contribution in [1.82, 2.24) is 4.98 Å². The van der Waals surface area contributed by atoms with Crippen LogP contribution in [0.15, 0.2) is 40.4 Å². The second-order valence-electron chi connectivity index (χ2n) is 4.89. The van der Waals surface area contributed by atoms with Gasteiger partial charge in [0.2, 0.25) is 10.0 Å². The molecule has 122 valence electrons. The number of sulfonamides is 1. The molecule has 0 saturated carbocycles. The fraction of sp³-hybridized carbons (Fsp3) is 0.188. The van der Waals surface area contributed by atoms with Crippen molar-refractivity contribution in [2.45, 2.75) is 29.0 Å². The van der Waals surface area contributed by atoms with Crippen molar-refractivity contribution in [2.24, 2.45) is 5.14 Å². The Morgan fingerprint density at radius 1 is 1.21 bits per heavy atom. The van der Waals surface area contributed by atoms with Gasteiger partial charge in [-0.05, 0) is 29.7 Å². The summed E-state index contributed by atoms with van der Waals surface area (Å²) >= 11 is 1.36. The number of nitriles is 2. The van der Waals surface area contributed by atoms with Crippen molar-refractivity contribution >= 4 is 21.8 Å². The van der Waals surface area contributed by atoms with Gasteiger partial charge in [-0.3, -0.25) is 0 Å². The molecule has 0 aliphatic carbocycles. The van der Waals surface area contributed by atoms with Crippen molar-refractivity contribution in [3.8, 4) is 12.1 Å². The van der Waals surface area contributed by atoms with Crippen LogP contribution in [0.3, 0.4) is 0 Å². The highest BCUT2D eigenvalue weighted by atomic mass is 32.2.